The molecule has 162 valence electrons. The van der Waals surface area contributed by atoms with Gasteiger partial charge in [0.2, 0.25) is 10.0 Å². The van der Waals surface area contributed by atoms with Gasteiger partial charge in [0.25, 0.3) is 5.91 Å². The number of carboxylic acid groups (broad SMARTS) is 1. The van der Waals surface area contributed by atoms with E-state index in [9.17, 15) is 32.4 Å². The molecule has 1 amide bonds. The molecule has 0 saturated carbocycles. The number of aldehydes is 1. The van der Waals surface area contributed by atoms with Crippen molar-refractivity contribution in [2.75, 3.05) is 0 Å². The predicted octanol–water partition coefficient (Wildman–Crippen LogP) is 0.768. The Morgan fingerprint density at radius 2 is 1.84 bits per heavy atom. The van der Waals surface area contributed by atoms with Gasteiger partial charge in [-0.2, -0.15) is 0 Å². The molecule has 2 aromatic rings. The van der Waals surface area contributed by atoms with Crippen molar-refractivity contribution in [3.8, 4) is 0 Å². The van der Waals surface area contributed by atoms with E-state index in [-0.39, 0.29) is 39.6 Å². The highest BCUT2D eigenvalue weighted by molar-refractivity contribution is 7.89. The zero-order valence-corrected chi connectivity index (χ0v) is 17.4. The van der Waals surface area contributed by atoms with Crippen LogP contribution in [-0.4, -0.2) is 49.3 Å². The summed E-state index contributed by atoms with van der Waals surface area (Å²) in [5.74, 6) is -2.67. The number of amides is 1. The number of ketones is 2. The zero-order chi connectivity index (χ0) is 22.8. The van der Waals surface area contributed by atoms with Gasteiger partial charge in [0.1, 0.15) is 6.29 Å². The summed E-state index contributed by atoms with van der Waals surface area (Å²) in [6.45, 7) is -0.142. The number of carbonyl (C=O) groups excluding carboxylic acids is 4. The van der Waals surface area contributed by atoms with E-state index >= 15 is 0 Å². The van der Waals surface area contributed by atoms with Gasteiger partial charge >= 0.3 is 5.97 Å². The molecule has 0 spiro atoms. The first-order valence-electron chi connectivity index (χ1n) is 8.87. The molecule has 3 N–H and O–H groups in total. The monoisotopic (exact) mass is 464 g/mol. The third kappa shape index (κ3) is 5.10. The minimum Gasteiger partial charge on any atom is -0.481 e. The number of fused-ring (bicyclic) bond motifs is 1. The lowest BCUT2D eigenvalue weighted by Crippen LogP contribution is -2.37. The molecule has 31 heavy (non-hydrogen) atoms. The van der Waals surface area contributed by atoms with Gasteiger partial charge in [-0.25, -0.2) is 13.1 Å². The van der Waals surface area contributed by atoms with Gasteiger partial charge in [0, 0.05) is 22.5 Å². The Balaban J connectivity index is 1.66. The van der Waals surface area contributed by atoms with Crippen molar-refractivity contribution in [1.29, 1.82) is 0 Å². The maximum absolute atomic E-state index is 12.5. The van der Waals surface area contributed by atoms with Crippen LogP contribution in [0, 0.1) is 0 Å². The summed E-state index contributed by atoms with van der Waals surface area (Å²) in [5.41, 5.74) is 0.281. The number of nitrogens with one attached hydrogen (secondary N) is 2. The van der Waals surface area contributed by atoms with Crippen molar-refractivity contribution in [2.24, 2.45) is 0 Å². The first kappa shape index (κ1) is 22.5. The summed E-state index contributed by atoms with van der Waals surface area (Å²) in [5, 5.41) is 11.0. The summed E-state index contributed by atoms with van der Waals surface area (Å²) >= 11 is 0.968. The molecule has 10 nitrogen and oxygen atoms in total. The second kappa shape index (κ2) is 8.88. The van der Waals surface area contributed by atoms with E-state index in [1.807, 2.05) is 0 Å². The average molecular weight is 464 g/mol. The number of rotatable bonds is 9. The fourth-order valence-corrected chi connectivity index (χ4v) is 4.88. The molecule has 0 bridgehead atoms. The van der Waals surface area contributed by atoms with Crippen LogP contribution in [0.15, 0.2) is 35.2 Å². The van der Waals surface area contributed by atoms with Gasteiger partial charge < -0.3 is 15.2 Å². The Labute approximate surface area is 180 Å². The summed E-state index contributed by atoms with van der Waals surface area (Å²) in [6, 6.07) is 5.48. The molecule has 1 aromatic carbocycles. The highest BCUT2D eigenvalue weighted by atomic mass is 32.2. The quantitative estimate of drug-likeness (QED) is 0.362. The van der Waals surface area contributed by atoms with Crippen LogP contribution in [0.4, 0.5) is 0 Å². The number of thiophene rings is 1. The fraction of sp³-hybridized carbons (Fsp3) is 0.211. The Kier molecular flexibility index (Phi) is 6.43. The third-order valence-corrected chi connectivity index (χ3v) is 6.90. The van der Waals surface area contributed by atoms with E-state index in [0.717, 1.165) is 11.3 Å². The van der Waals surface area contributed by atoms with Crippen LogP contribution >= 0.6 is 11.3 Å². The minimum absolute atomic E-state index is 0.0778. The first-order valence-corrected chi connectivity index (χ1v) is 11.2. The van der Waals surface area contributed by atoms with Crippen molar-refractivity contribution >= 4 is 51.1 Å². The van der Waals surface area contributed by atoms with Crippen molar-refractivity contribution in [2.45, 2.75) is 30.3 Å². The minimum atomic E-state index is -3.99. The number of hydrogen-bond donors (Lipinski definition) is 3. The van der Waals surface area contributed by atoms with Gasteiger partial charge in [0.05, 0.1) is 28.7 Å². The first-order chi connectivity index (χ1) is 14.6. The molecule has 0 radical (unpaired) electrons. The molecule has 1 atom stereocenters. The molecule has 0 unspecified atom stereocenters. The number of Topliss-reactive ketones (excluding diaryl/α,β-unsaturated/α-hetero) is 2. The number of hydrogen-bond acceptors (Lipinski definition) is 8. The van der Waals surface area contributed by atoms with Gasteiger partial charge in [-0.05, 0) is 30.3 Å². The second-order valence-electron chi connectivity index (χ2n) is 6.63. The van der Waals surface area contributed by atoms with E-state index in [1.54, 1.807) is 0 Å². The summed E-state index contributed by atoms with van der Waals surface area (Å²) < 4.78 is 27.4. The molecule has 0 aliphatic heterocycles. The Hall–Kier alpha value is -3.22. The number of aliphatic carboxylic acids is 1. The highest BCUT2D eigenvalue weighted by Gasteiger charge is 2.29. The normalized spacial score (nSPS) is 14.2. The van der Waals surface area contributed by atoms with Crippen LogP contribution in [0.5, 0.6) is 0 Å². The second-order valence-corrected chi connectivity index (χ2v) is 9.57. The van der Waals surface area contributed by atoms with Gasteiger partial charge in [-0.3, -0.25) is 19.2 Å². The molecule has 1 aromatic heterocycles. The van der Waals surface area contributed by atoms with E-state index in [2.05, 4.69) is 10.0 Å². The van der Waals surface area contributed by atoms with Gasteiger partial charge in [-0.15, -0.1) is 11.3 Å². The standard InChI is InChI=1S/C19H16N2O8S2/c22-9-10(5-18(25)26)21-19(27)17-4-1-11(30-17)8-20-31(28,29)12-2-3-13-14(6-12)16(24)7-15(13)23/h1-4,6,9-10,20H,5,7-8H2,(H,21,27)(H,25,26)/t10-/m0/s1. The Morgan fingerprint density at radius 1 is 1.13 bits per heavy atom. The van der Waals surface area contributed by atoms with Gasteiger partial charge in [0.15, 0.2) is 11.6 Å². The molecule has 3 rings (SSSR count). The van der Waals surface area contributed by atoms with Crippen LogP contribution in [0.25, 0.3) is 0 Å². The highest BCUT2D eigenvalue weighted by Crippen LogP contribution is 2.25. The molecule has 1 aliphatic carbocycles. The van der Waals surface area contributed by atoms with Crippen LogP contribution in [0.1, 0.15) is 48.1 Å². The Bertz CT molecular complexity index is 1200. The average Bonchev–Trinajstić information content (AvgIpc) is 3.30. The van der Waals surface area contributed by atoms with Crippen molar-refractivity contribution in [1.82, 2.24) is 10.0 Å². The summed E-state index contributed by atoms with van der Waals surface area (Å²) in [4.78, 5) is 57.7. The van der Waals surface area contributed by atoms with E-state index < -0.39 is 40.1 Å². The van der Waals surface area contributed by atoms with Gasteiger partial charge in [-0.1, -0.05) is 0 Å². The zero-order valence-electron chi connectivity index (χ0n) is 15.8. The largest absolute Gasteiger partial charge is 0.481 e. The smallest absolute Gasteiger partial charge is 0.305 e. The van der Waals surface area contributed by atoms with Crippen LogP contribution in [0.2, 0.25) is 0 Å². The number of sulfonamides is 1. The number of carbonyl (C=O) groups is 5. The van der Waals surface area contributed by atoms with Crippen LogP contribution < -0.4 is 10.0 Å². The maximum atomic E-state index is 12.5. The molecule has 12 heteroatoms. The van der Waals surface area contributed by atoms with Crippen molar-refractivity contribution in [3.63, 3.8) is 0 Å². The summed E-state index contributed by atoms with van der Waals surface area (Å²) in [7, 11) is -3.99. The van der Waals surface area contributed by atoms with Crippen molar-refractivity contribution in [3.05, 3.63) is 51.2 Å². The van der Waals surface area contributed by atoms with E-state index in [0.29, 0.717) is 11.2 Å². The lowest BCUT2D eigenvalue weighted by molar-refractivity contribution is -0.138. The molecule has 0 fully saturated rings. The molecular weight excluding hydrogens is 448 g/mol. The molecule has 1 heterocycles. The number of carboxylic acids is 1. The lowest BCUT2D eigenvalue weighted by Gasteiger charge is -2.09. The van der Waals surface area contributed by atoms with Crippen LogP contribution in [-0.2, 0) is 26.2 Å². The third-order valence-electron chi connectivity index (χ3n) is 4.42. The van der Waals surface area contributed by atoms with E-state index in [1.165, 1.54) is 30.3 Å². The number of benzene rings is 1. The molecule has 0 saturated heterocycles. The topological polar surface area (TPSA) is 164 Å². The predicted molar refractivity (Wildman–Crippen MR) is 108 cm³/mol. The lowest BCUT2D eigenvalue weighted by atomic mass is 10.1. The molecular formula is C19H16N2O8S2. The maximum Gasteiger partial charge on any atom is 0.305 e. The Morgan fingerprint density at radius 3 is 2.52 bits per heavy atom. The SMILES string of the molecule is O=C[C@H](CC(=O)O)NC(=O)c1ccc(CNS(=O)(=O)c2ccc3c(c2)C(=O)CC3=O)s1. The van der Waals surface area contributed by atoms with Crippen molar-refractivity contribution < 1.29 is 37.5 Å². The summed E-state index contributed by atoms with van der Waals surface area (Å²) in [6.07, 6.45) is -0.504. The molecule has 1 aliphatic rings. The van der Waals surface area contributed by atoms with E-state index in [4.69, 9.17) is 5.11 Å². The fourth-order valence-electron chi connectivity index (χ4n) is 2.91. The van der Waals surface area contributed by atoms with Crippen LogP contribution in [0.3, 0.4) is 0 Å².